The van der Waals surface area contributed by atoms with E-state index in [1.807, 2.05) is 30.3 Å². The predicted molar refractivity (Wildman–Crippen MR) is 97.9 cm³/mol. The van der Waals surface area contributed by atoms with Crippen LogP contribution in [0.5, 0.6) is 0 Å². The second-order valence-corrected chi connectivity index (χ2v) is 9.50. The zero-order valence-corrected chi connectivity index (χ0v) is 16.2. The number of hydrogen-bond acceptors (Lipinski definition) is 6. The van der Waals surface area contributed by atoms with Gasteiger partial charge in [-0.05, 0) is 25.8 Å². The lowest BCUT2D eigenvalue weighted by Crippen LogP contribution is -2.44. The number of nitrogens with one attached hydrogen (secondary N) is 2. The van der Waals surface area contributed by atoms with E-state index in [1.54, 1.807) is 27.7 Å². The van der Waals surface area contributed by atoms with Crippen molar-refractivity contribution >= 4 is 32.4 Å². The molecule has 0 unspecified atom stereocenters. The van der Waals surface area contributed by atoms with Gasteiger partial charge in [0, 0.05) is 11.5 Å². The van der Waals surface area contributed by atoms with Crippen LogP contribution in [0.2, 0.25) is 0 Å². The standard InChI is InChI=1S/C16H22N4O3S2/c1-11(2)13(21)17-14-18-19-15(24-14)25(22,23)20-16(3,4)10-12-8-6-5-7-9-12/h5-9,11,20H,10H2,1-4H3,(H,17,18,21). The lowest BCUT2D eigenvalue weighted by molar-refractivity contribution is -0.118. The minimum Gasteiger partial charge on any atom is -0.300 e. The Morgan fingerprint density at radius 2 is 1.84 bits per heavy atom. The molecule has 25 heavy (non-hydrogen) atoms. The van der Waals surface area contributed by atoms with Gasteiger partial charge < -0.3 is 5.32 Å². The molecule has 0 bridgehead atoms. The molecule has 1 aromatic carbocycles. The third-order valence-electron chi connectivity index (χ3n) is 3.29. The van der Waals surface area contributed by atoms with Crippen molar-refractivity contribution in [1.29, 1.82) is 0 Å². The summed E-state index contributed by atoms with van der Waals surface area (Å²) in [5, 5.41) is 10.1. The highest BCUT2D eigenvalue weighted by Crippen LogP contribution is 2.23. The third-order valence-corrected chi connectivity index (χ3v) is 6.19. The van der Waals surface area contributed by atoms with E-state index < -0.39 is 15.6 Å². The van der Waals surface area contributed by atoms with Crippen LogP contribution >= 0.6 is 11.3 Å². The van der Waals surface area contributed by atoms with Crippen LogP contribution in [0.25, 0.3) is 0 Å². The zero-order valence-electron chi connectivity index (χ0n) is 14.6. The normalized spacial score (nSPS) is 12.4. The van der Waals surface area contributed by atoms with Crippen LogP contribution in [-0.2, 0) is 21.2 Å². The molecule has 2 N–H and O–H groups in total. The number of anilines is 1. The van der Waals surface area contributed by atoms with Crippen LogP contribution < -0.4 is 10.0 Å². The van der Waals surface area contributed by atoms with Crippen LogP contribution in [0.15, 0.2) is 34.7 Å². The summed E-state index contributed by atoms with van der Waals surface area (Å²) in [5.74, 6) is -0.468. The fraction of sp³-hybridized carbons (Fsp3) is 0.438. The highest BCUT2D eigenvalue weighted by molar-refractivity contribution is 7.91. The second-order valence-electron chi connectivity index (χ2n) is 6.67. The monoisotopic (exact) mass is 382 g/mol. The Morgan fingerprint density at radius 1 is 1.20 bits per heavy atom. The molecule has 2 rings (SSSR count). The highest BCUT2D eigenvalue weighted by Gasteiger charge is 2.29. The van der Waals surface area contributed by atoms with Crippen LogP contribution in [0.1, 0.15) is 33.3 Å². The molecule has 0 spiro atoms. The van der Waals surface area contributed by atoms with Crippen molar-refractivity contribution in [2.24, 2.45) is 5.92 Å². The van der Waals surface area contributed by atoms with Gasteiger partial charge in [0.1, 0.15) is 0 Å². The molecule has 0 atom stereocenters. The molecule has 0 aliphatic rings. The van der Waals surface area contributed by atoms with E-state index >= 15 is 0 Å². The Hall–Kier alpha value is -1.84. The number of benzene rings is 1. The maximum Gasteiger partial charge on any atom is 0.270 e. The smallest absolute Gasteiger partial charge is 0.270 e. The maximum atomic E-state index is 12.6. The van der Waals surface area contributed by atoms with Gasteiger partial charge in [0.2, 0.25) is 15.4 Å². The molecule has 1 aromatic heterocycles. The average Bonchev–Trinajstić information content (AvgIpc) is 2.96. The molecule has 0 aliphatic heterocycles. The summed E-state index contributed by atoms with van der Waals surface area (Å²) in [5.41, 5.74) is 0.324. The number of carbonyl (C=O) groups is 1. The van der Waals surface area contributed by atoms with Gasteiger partial charge in [-0.2, -0.15) is 0 Å². The molecule has 1 heterocycles. The Morgan fingerprint density at radius 3 is 2.44 bits per heavy atom. The summed E-state index contributed by atoms with van der Waals surface area (Å²) in [4.78, 5) is 11.7. The van der Waals surface area contributed by atoms with Crippen molar-refractivity contribution in [3.63, 3.8) is 0 Å². The first-order valence-corrected chi connectivity index (χ1v) is 10.1. The summed E-state index contributed by atoms with van der Waals surface area (Å²) < 4.78 is 27.6. The molecule has 0 saturated carbocycles. The van der Waals surface area contributed by atoms with Gasteiger partial charge >= 0.3 is 0 Å². The predicted octanol–water partition coefficient (Wildman–Crippen LogP) is 2.43. The molecule has 0 aliphatic carbocycles. The highest BCUT2D eigenvalue weighted by atomic mass is 32.2. The third kappa shape index (κ3) is 5.58. The van der Waals surface area contributed by atoms with Crippen molar-refractivity contribution in [2.45, 2.75) is 44.0 Å². The fourth-order valence-electron chi connectivity index (χ4n) is 2.17. The zero-order chi connectivity index (χ0) is 18.7. The summed E-state index contributed by atoms with van der Waals surface area (Å²) >= 11 is 0.828. The van der Waals surface area contributed by atoms with Crippen molar-refractivity contribution in [3.8, 4) is 0 Å². The number of sulfonamides is 1. The number of nitrogens with zero attached hydrogens (tertiary/aromatic N) is 2. The minimum absolute atomic E-state index is 0.167. The molecule has 136 valence electrons. The molecule has 0 saturated heterocycles. The number of amides is 1. The first-order chi connectivity index (χ1) is 11.6. The van der Waals surface area contributed by atoms with Crippen LogP contribution in [0.3, 0.4) is 0 Å². The number of rotatable bonds is 7. The van der Waals surface area contributed by atoms with E-state index in [4.69, 9.17) is 0 Å². The lowest BCUT2D eigenvalue weighted by Gasteiger charge is -2.25. The quantitative estimate of drug-likeness (QED) is 0.716. The van der Waals surface area contributed by atoms with E-state index in [-0.39, 0.29) is 21.3 Å². The van der Waals surface area contributed by atoms with Crippen molar-refractivity contribution in [1.82, 2.24) is 14.9 Å². The minimum atomic E-state index is -3.83. The van der Waals surface area contributed by atoms with E-state index in [2.05, 4.69) is 20.2 Å². The van der Waals surface area contributed by atoms with Crippen LogP contribution in [-0.4, -0.2) is 30.1 Å². The van der Waals surface area contributed by atoms with E-state index in [0.717, 1.165) is 16.9 Å². The van der Waals surface area contributed by atoms with E-state index in [0.29, 0.717) is 6.42 Å². The molecular weight excluding hydrogens is 360 g/mol. The van der Waals surface area contributed by atoms with Gasteiger partial charge in [0.15, 0.2) is 0 Å². The van der Waals surface area contributed by atoms with Crippen LogP contribution in [0.4, 0.5) is 5.13 Å². The summed E-state index contributed by atoms with van der Waals surface area (Å²) in [6.07, 6.45) is 0.531. The van der Waals surface area contributed by atoms with Crippen molar-refractivity contribution < 1.29 is 13.2 Å². The van der Waals surface area contributed by atoms with Gasteiger partial charge in [-0.25, -0.2) is 13.1 Å². The molecule has 9 heteroatoms. The molecule has 1 amide bonds. The lowest BCUT2D eigenvalue weighted by atomic mass is 9.96. The van der Waals surface area contributed by atoms with Gasteiger partial charge in [0.25, 0.3) is 10.0 Å². The van der Waals surface area contributed by atoms with Gasteiger partial charge in [-0.1, -0.05) is 55.5 Å². The van der Waals surface area contributed by atoms with Crippen molar-refractivity contribution in [2.75, 3.05) is 5.32 Å². The molecule has 7 nitrogen and oxygen atoms in total. The largest absolute Gasteiger partial charge is 0.300 e. The summed E-state index contributed by atoms with van der Waals surface area (Å²) in [6.45, 7) is 7.09. The number of carbonyl (C=O) groups excluding carboxylic acids is 1. The average molecular weight is 383 g/mol. The van der Waals surface area contributed by atoms with Crippen LogP contribution in [0, 0.1) is 5.92 Å². The van der Waals surface area contributed by atoms with Crippen molar-refractivity contribution in [3.05, 3.63) is 35.9 Å². The first kappa shape index (κ1) is 19.5. The Balaban J connectivity index is 2.10. The van der Waals surface area contributed by atoms with Gasteiger partial charge in [-0.15, -0.1) is 10.2 Å². The number of hydrogen-bond donors (Lipinski definition) is 2. The van der Waals surface area contributed by atoms with E-state index in [1.165, 1.54) is 0 Å². The fourth-order valence-corrected chi connectivity index (χ4v) is 4.48. The summed E-state index contributed by atoms with van der Waals surface area (Å²) in [6, 6.07) is 9.62. The molecular formula is C16H22N4O3S2. The van der Waals surface area contributed by atoms with Gasteiger partial charge in [0.05, 0.1) is 0 Å². The first-order valence-electron chi connectivity index (χ1n) is 7.81. The molecule has 0 fully saturated rings. The van der Waals surface area contributed by atoms with E-state index in [9.17, 15) is 13.2 Å². The Labute approximate surface area is 151 Å². The Bertz CT molecular complexity index is 830. The SMILES string of the molecule is CC(C)C(=O)Nc1nnc(S(=O)(=O)NC(C)(C)Cc2ccccc2)s1. The molecule has 0 radical (unpaired) electrons. The molecule has 2 aromatic rings. The Kier molecular flexibility index (Phi) is 5.91. The maximum absolute atomic E-state index is 12.6. The second kappa shape index (κ2) is 7.59. The number of aromatic nitrogens is 2. The summed E-state index contributed by atoms with van der Waals surface area (Å²) in [7, 11) is -3.83. The topological polar surface area (TPSA) is 101 Å². The van der Waals surface area contributed by atoms with Gasteiger partial charge in [-0.3, -0.25) is 4.79 Å².